The van der Waals surface area contributed by atoms with Crippen LogP contribution in [0.3, 0.4) is 0 Å². The summed E-state index contributed by atoms with van der Waals surface area (Å²) in [5, 5.41) is 0.739. The highest BCUT2D eigenvalue weighted by molar-refractivity contribution is 7.15. The van der Waals surface area contributed by atoms with Crippen LogP contribution in [0.4, 0.5) is 0 Å². The van der Waals surface area contributed by atoms with Gasteiger partial charge in [0.05, 0.1) is 13.7 Å². The number of ether oxygens (including phenoxy) is 2. The highest BCUT2D eigenvalue weighted by atomic mass is 32.1. The molecule has 3 nitrogen and oxygen atoms in total. The van der Waals surface area contributed by atoms with E-state index < -0.39 is 0 Å². The first-order chi connectivity index (χ1) is 6.79. The van der Waals surface area contributed by atoms with E-state index in [0.29, 0.717) is 17.4 Å². The van der Waals surface area contributed by atoms with Gasteiger partial charge in [-0.1, -0.05) is 11.3 Å². The van der Waals surface area contributed by atoms with Crippen LogP contribution >= 0.6 is 11.3 Å². The number of methoxy groups -OCH3 is 1. The molecule has 0 bridgehead atoms. The Hall–Kier alpha value is -1.03. The molecule has 0 N–H and O–H groups in total. The predicted octanol–water partition coefficient (Wildman–Crippen LogP) is 2.32. The molecule has 0 aromatic carbocycles. The van der Waals surface area contributed by atoms with Crippen LogP contribution in [0.5, 0.6) is 5.06 Å². The van der Waals surface area contributed by atoms with E-state index in [-0.39, 0.29) is 5.97 Å². The molecule has 0 spiro atoms. The fraction of sp³-hybridized carbons (Fsp3) is 0.500. The van der Waals surface area contributed by atoms with Gasteiger partial charge in [-0.2, -0.15) is 0 Å². The van der Waals surface area contributed by atoms with E-state index in [2.05, 4.69) is 0 Å². The third-order valence-corrected chi connectivity index (χ3v) is 3.16. The largest absolute Gasteiger partial charge is 0.487 e. The van der Waals surface area contributed by atoms with Gasteiger partial charge in [0.2, 0.25) is 0 Å². The maximum absolute atomic E-state index is 11.4. The summed E-state index contributed by atoms with van der Waals surface area (Å²) in [6.45, 7) is 0.569. The van der Waals surface area contributed by atoms with Gasteiger partial charge in [-0.15, -0.1) is 0 Å². The molecule has 0 unspecified atom stereocenters. The number of esters is 1. The van der Waals surface area contributed by atoms with Crippen molar-refractivity contribution in [2.45, 2.75) is 12.8 Å². The predicted molar refractivity (Wildman–Crippen MR) is 53.9 cm³/mol. The molecule has 14 heavy (non-hydrogen) atoms. The number of hydrogen-bond acceptors (Lipinski definition) is 4. The normalized spacial score (nSPS) is 15.2. The monoisotopic (exact) mass is 212 g/mol. The minimum atomic E-state index is -0.231. The van der Waals surface area contributed by atoms with Crippen molar-refractivity contribution in [3.63, 3.8) is 0 Å². The second kappa shape index (κ2) is 4.00. The first-order valence-corrected chi connectivity index (χ1v) is 5.42. The van der Waals surface area contributed by atoms with Crippen LogP contribution in [0, 0.1) is 5.92 Å². The highest BCUT2D eigenvalue weighted by Crippen LogP contribution is 2.30. The second-order valence-electron chi connectivity index (χ2n) is 3.36. The zero-order valence-electron chi connectivity index (χ0n) is 7.99. The minimum Gasteiger partial charge on any atom is -0.487 e. The zero-order valence-corrected chi connectivity index (χ0v) is 8.80. The Morgan fingerprint density at radius 1 is 1.57 bits per heavy atom. The van der Waals surface area contributed by atoms with Crippen molar-refractivity contribution in [3.05, 3.63) is 17.0 Å². The van der Waals surface area contributed by atoms with E-state index in [1.54, 1.807) is 19.2 Å². The van der Waals surface area contributed by atoms with Gasteiger partial charge < -0.3 is 9.47 Å². The Morgan fingerprint density at radius 3 is 2.93 bits per heavy atom. The second-order valence-corrected chi connectivity index (χ2v) is 4.41. The molecule has 76 valence electrons. The molecule has 1 heterocycles. The van der Waals surface area contributed by atoms with Crippen LogP contribution in [-0.2, 0) is 4.74 Å². The van der Waals surface area contributed by atoms with E-state index in [1.165, 1.54) is 24.2 Å². The van der Waals surface area contributed by atoms with E-state index >= 15 is 0 Å². The van der Waals surface area contributed by atoms with Crippen molar-refractivity contribution in [2.24, 2.45) is 5.92 Å². The Labute approximate surface area is 86.6 Å². The number of thiophene rings is 1. The summed E-state index contributed by atoms with van der Waals surface area (Å²) < 4.78 is 10.1. The van der Waals surface area contributed by atoms with Gasteiger partial charge in [0.15, 0.2) is 5.06 Å². The first kappa shape index (κ1) is 9.52. The maximum Gasteiger partial charge on any atom is 0.348 e. The van der Waals surface area contributed by atoms with Crippen LogP contribution in [0.15, 0.2) is 12.1 Å². The fourth-order valence-corrected chi connectivity index (χ4v) is 1.80. The molecular formula is C10H12O3S. The zero-order chi connectivity index (χ0) is 9.97. The molecule has 4 heteroatoms. The molecule has 0 saturated heterocycles. The topological polar surface area (TPSA) is 35.5 Å². The van der Waals surface area contributed by atoms with E-state index in [0.717, 1.165) is 5.06 Å². The van der Waals surface area contributed by atoms with Crippen molar-refractivity contribution in [3.8, 4) is 5.06 Å². The number of carbonyl (C=O) groups excluding carboxylic acids is 1. The summed E-state index contributed by atoms with van der Waals surface area (Å²) in [7, 11) is 1.59. The molecule has 1 aliphatic rings. The Balaban J connectivity index is 1.88. The smallest absolute Gasteiger partial charge is 0.348 e. The summed E-state index contributed by atoms with van der Waals surface area (Å²) in [6, 6.07) is 3.51. The van der Waals surface area contributed by atoms with Crippen LogP contribution in [0.1, 0.15) is 22.5 Å². The Kier molecular flexibility index (Phi) is 2.72. The maximum atomic E-state index is 11.4. The average molecular weight is 212 g/mol. The van der Waals surface area contributed by atoms with E-state index in [9.17, 15) is 4.79 Å². The van der Waals surface area contributed by atoms with Crippen molar-refractivity contribution in [2.75, 3.05) is 13.7 Å². The molecular weight excluding hydrogens is 200 g/mol. The Morgan fingerprint density at radius 2 is 2.36 bits per heavy atom. The van der Waals surface area contributed by atoms with Crippen molar-refractivity contribution >= 4 is 17.3 Å². The standard InChI is InChI=1S/C10H12O3S/c1-12-9-5-4-8(14-9)10(11)13-6-7-2-3-7/h4-5,7H,2-3,6H2,1H3. The van der Waals surface area contributed by atoms with Crippen LogP contribution in [0.25, 0.3) is 0 Å². The summed E-state index contributed by atoms with van der Waals surface area (Å²) >= 11 is 1.32. The van der Waals surface area contributed by atoms with Gasteiger partial charge in [-0.25, -0.2) is 4.79 Å². The number of rotatable bonds is 4. The quantitative estimate of drug-likeness (QED) is 0.718. The molecule has 0 amide bonds. The molecule has 0 radical (unpaired) electrons. The lowest BCUT2D eigenvalue weighted by Crippen LogP contribution is -2.05. The van der Waals surface area contributed by atoms with Gasteiger partial charge in [0.25, 0.3) is 0 Å². The van der Waals surface area contributed by atoms with Crippen LogP contribution in [-0.4, -0.2) is 19.7 Å². The van der Waals surface area contributed by atoms with Crippen molar-refractivity contribution in [1.29, 1.82) is 0 Å². The Bertz CT molecular complexity index is 328. The van der Waals surface area contributed by atoms with Gasteiger partial charge in [0.1, 0.15) is 4.88 Å². The lowest BCUT2D eigenvalue weighted by Gasteiger charge is -2.00. The van der Waals surface area contributed by atoms with Crippen molar-refractivity contribution < 1.29 is 14.3 Å². The minimum absolute atomic E-state index is 0.231. The lowest BCUT2D eigenvalue weighted by molar-refractivity contribution is 0.0492. The molecule has 0 aliphatic heterocycles. The van der Waals surface area contributed by atoms with Crippen molar-refractivity contribution in [1.82, 2.24) is 0 Å². The van der Waals surface area contributed by atoms with Gasteiger partial charge in [-0.3, -0.25) is 0 Å². The molecule has 1 aromatic heterocycles. The highest BCUT2D eigenvalue weighted by Gasteiger charge is 2.23. The fourth-order valence-electron chi connectivity index (χ4n) is 1.09. The summed E-state index contributed by atoms with van der Waals surface area (Å²) in [5.74, 6) is 0.381. The third kappa shape index (κ3) is 2.26. The third-order valence-electron chi connectivity index (χ3n) is 2.13. The average Bonchev–Trinajstić information content (AvgIpc) is 2.90. The molecule has 2 rings (SSSR count). The van der Waals surface area contributed by atoms with Gasteiger partial charge >= 0.3 is 5.97 Å². The molecule has 0 atom stereocenters. The molecule has 1 aliphatic carbocycles. The van der Waals surface area contributed by atoms with Gasteiger partial charge in [0, 0.05) is 0 Å². The SMILES string of the molecule is COc1ccc(C(=O)OCC2CC2)s1. The van der Waals surface area contributed by atoms with Crippen LogP contribution in [0.2, 0.25) is 0 Å². The number of carbonyl (C=O) groups is 1. The van der Waals surface area contributed by atoms with E-state index in [1.807, 2.05) is 0 Å². The van der Waals surface area contributed by atoms with Crippen LogP contribution < -0.4 is 4.74 Å². The lowest BCUT2D eigenvalue weighted by atomic mass is 10.4. The van der Waals surface area contributed by atoms with Gasteiger partial charge in [-0.05, 0) is 30.9 Å². The first-order valence-electron chi connectivity index (χ1n) is 4.60. The summed E-state index contributed by atoms with van der Waals surface area (Å²) in [4.78, 5) is 12.1. The molecule has 1 saturated carbocycles. The molecule has 1 fully saturated rings. The molecule has 1 aromatic rings. The summed E-state index contributed by atoms with van der Waals surface area (Å²) in [5.41, 5.74) is 0. The van der Waals surface area contributed by atoms with E-state index in [4.69, 9.17) is 9.47 Å². The number of hydrogen-bond donors (Lipinski definition) is 0. The summed E-state index contributed by atoms with van der Waals surface area (Å²) in [6.07, 6.45) is 2.39.